The first-order chi connectivity index (χ1) is 7.66. The Hall–Kier alpha value is -0.680. The largest absolute Gasteiger partial charge is 0.370 e. The highest BCUT2D eigenvalue weighted by atomic mass is 32.1. The second-order valence-electron chi connectivity index (χ2n) is 4.75. The van der Waals surface area contributed by atoms with Crippen LogP contribution in [0.5, 0.6) is 0 Å². The lowest BCUT2D eigenvalue weighted by Crippen LogP contribution is -2.37. The number of aromatic nitrogens is 2. The van der Waals surface area contributed by atoms with Crippen molar-refractivity contribution in [1.29, 1.82) is 0 Å². The molecule has 1 aliphatic rings. The fourth-order valence-electron chi connectivity index (χ4n) is 1.79. The van der Waals surface area contributed by atoms with Crippen LogP contribution in [-0.4, -0.2) is 23.0 Å². The molecule has 1 aromatic rings. The van der Waals surface area contributed by atoms with Crippen LogP contribution in [0.2, 0.25) is 0 Å². The summed E-state index contributed by atoms with van der Waals surface area (Å²) in [7, 11) is 1.75. The van der Waals surface area contributed by atoms with Gasteiger partial charge in [0.2, 0.25) is 5.13 Å². The molecule has 1 saturated carbocycles. The summed E-state index contributed by atoms with van der Waals surface area (Å²) in [5.41, 5.74) is -0.186. The van der Waals surface area contributed by atoms with Crippen molar-refractivity contribution in [1.82, 2.24) is 9.36 Å². The molecule has 5 heteroatoms. The number of rotatable bonds is 5. The number of methoxy groups -OCH3 is 1. The van der Waals surface area contributed by atoms with Gasteiger partial charge >= 0.3 is 0 Å². The Balaban J connectivity index is 2.01. The molecule has 90 valence electrons. The van der Waals surface area contributed by atoms with Crippen LogP contribution in [-0.2, 0) is 10.3 Å². The highest BCUT2D eigenvalue weighted by Gasteiger charge is 2.42. The summed E-state index contributed by atoms with van der Waals surface area (Å²) in [5, 5.41) is 4.21. The van der Waals surface area contributed by atoms with Gasteiger partial charge in [0, 0.05) is 25.2 Å². The summed E-state index contributed by atoms with van der Waals surface area (Å²) in [6, 6.07) is 0. The molecule has 2 rings (SSSR count). The van der Waals surface area contributed by atoms with Gasteiger partial charge in [0.15, 0.2) is 5.82 Å². The van der Waals surface area contributed by atoms with E-state index in [2.05, 4.69) is 28.5 Å². The van der Waals surface area contributed by atoms with E-state index in [1.165, 1.54) is 18.0 Å². The molecular weight excluding hydrogens is 222 g/mol. The summed E-state index contributed by atoms with van der Waals surface area (Å²) >= 11 is 1.43. The van der Waals surface area contributed by atoms with Crippen molar-refractivity contribution in [3.63, 3.8) is 0 Å². The molecule has 0 aliphatic heterocycles. The van der Waals surface area contributed by atoms with E-state index in [0.29, 0.717) is 5.92 Å². The molecule has 16 heavy (non-hydrogen) atoms. The van der Waals surface area contributed by atoms with E-state index in [-0.39, 0.29) is 5.60 Å². The summed E-state index contributed by atoms with van der Waals surface area (Å²) in [6.45, 7) is 5.30. The monoisotopic (exact) mass is 241 g/mol. The predicted molar refractivity (Wildman–Crippen MR) is 65.8 cm³/mol. The van der Waals surface area contributed by atoms with Gasteiger partial charge in [-0.1, -0.05) is 13.8 Å². The molecule has 1 N–H and O–H groups in total. The maximum absolute atomic E-state index is 5.55. The summed E-state index contributed by atoms with van der Waals surface area (Å²) in [6.07, 6.45) is 3.30. The zero-order chi connectivity index (χ0) is 11.6. The van der Waals surface area contributed by atoms with Gasteiger partial charge in [-0.2, -0.15) is 4.37 Å². The van der Waals surface area contributed by atoms with Crippen LogP contribution in [0.4, 0.5) is 5.13 Å². The Morgan fingerprint density at radius 1 is 1.50 bits per heavy atom. The van der Waals surface area contributed by atoms with Crippen molar-refractivity contribution < 1.29 is 4.74 Å². The average molecular weight is 241 g/mol. The van der Waals surface area contributed by atoms with Gasteiger partial charge in [-0.25, -0.2) is 4.98 Å². The molecule has 1 fully saturated rings. The molecule has 4 nitrogen and oxygen atoms in total. The van der Waals surface area contributed by atoms with Gasteiger partial charge in [0.1, 0.15) is 5.60 Å². The standard InChI is InChI=1S/C11H19N3OS/c1-8(2)7-12-10-13-9(14-16-10)11(15-3)5-4-6-11/h8H,4-7H2,1-3H3,(H,12,13,14). The predicted octanol–water partition coefficient (Wildman–Crippen LogP) is 2.63. The highest BCUT2D eigenvalue weighted by Crippen LogP contribution is 2.43. The number of anilines is 1. The van der Waals surface area contributed by atoms with Crippen molar-refractivity contribution in [2.45, 2.75) is 38.7 Å². The van der Waals surface area contributed by atoms with Crippen LogP contribution in [0.3, 0.4) is 0 Å². The van der Waals surface area contributed by atoms with E-state index in [1.54, 1.807) is 7.11 Å². The number of nitrogens with zero attached hydrogens (tertiary/aromatic N) is 2. The molecule has 0 aromatic carbocycles. The third kappa shape index (κ3) is 2.20. The second-order valence-corrected chi connectivity index (χ2v) is 5.50. The fourth-order valence-corrected chi connectivity index (χ4v) is 2.44. The second kappa shape index (κ2) is 4.67. The van der Waals surface area contributed by atoms with Crippen LogP contribution in [0, 0.1) is 5.92 Å². The normalized spacial score (nSPS) is 18.5. The molecule has 0 saturated heterocycles. The average Bonchev–Trinajstić information content (AvgIpc) is 2.63. The first kappa shape index (κ1) is 11.8. The van der Waals surface area contributed by atoms with Crippen LogP contribution in [0.15, 0.2) is 0 Å². The lowest BCUT2D eigenvalue weighted by molar-refractivity contribution is -0.0837. The lowest BCUT2D eigenvalue weighted by atomic mass is 9.79. The van der Waals surface area contributed by atoms with Crippen molar-refractivity contribution in [3.05, 3.63) is 5.82 Å². The van der Waals surface area contributed by atoms with Crippen LogP contribution in [0.1, 0.15) is 38.9 Å². The van der Waals surface area contributed by atoms with E-state index in [1.807, 2.05) is 0 Å². The molecule has 0 bridgehead atoms. The Kier molecular flexibility index (Phi) is 3.44. The SMILES string of the molecule is COC1(c2nsc(NCC(C)C)n2)CCC1. The molecule has 0 radical (unpaired) electrons. The van der Waals surface area contributed by atoms with Crippen molar-refractivity contribution >= 4 is 16.7 Å². The topological polar surface area (TPSA) is 47.0 Å². The minimum absolute atomic E-state index is 0.186. The van der Waals surface area contributed by atoms with E-state index >= 15 is 0 Å². The molecule has 1 aromatic heterocycles. The Morgan fingerprint density at radius 2 is 2.25 bits per heavy atom. The Morgan fingerprint density at radius 3 is 2.75 bits per heavy atom. The molecule has 0 atom stereocenters. The Bertz CT molecular complexity index is 341. The van der Waals surface area contributed by atoms with Crippen LogP contribution in [0.25, 0.3) is 0 Å². The summed E-state index contributed by atoms with van der Waals surface area (Å²) in [4.78, 5) is 4.52. The fraction of sp³-hybridized carbons (Fsp3) is 0.818. The van der Waals surface area contributed by atoms with Crippen LogP contribution < -0.4 is 5.32 Å². The van der Waals surface area contributed by atoms with Crippen molar-refractivity contribution in [3.8, 4) is 0 Å². The minimum Gasteiger partial charge on any atom is -0.370 e. The molecule has 0 unspecified atom stereocenters. The summed E-state index contributed by atoms with van der Waals surface area (Å²) in [5.74, 6) is 1.48. The van der Waals surface area contributed by atoms with E-state index in [0.717, 1.165) is 30.3 Å². The zero-order valence-electron chi connectivity index (χ0n) is 10.1. The number of nitrogens with one attached hydrogen (secondary N) is 1. The molecule has 1 heterocycles. The van der Waals surface area contributed by atoms with E-state index in [4.69, 9.17) is 4.74 Å². The number of ether oxygens (including phenoxy) is 1. The third-order valence-corrected chi connectivity index (χ3v) is 3.72. The minimum atomic E-state index is -0.186. The molecule has 1 aliphatic carbocycles. The Labute approximate surface area is 101 Å². The quantitative estimate of drug-likeness (QED) is 0.861. The first-order valence-electron chi connectivity index (χ1n) is 5.79. The first-order valence-corrected chi connectivity index (χ1v) is 6.57. The van der Waals surface area contributed by atoms with Gasteiger partial charge in [-0.05, 0) is 25.2 Å². The third-order valence-electron chi connectivity index (χ3n) is 3.05. The molecule has 0 spiro atoms. The maximum Gasteiger partial charge on any atom is 0.202 e. The van der Waals surface area contributed by atoms with E-state index < -0.39 is 0 Å². The number of hydrogen-bond acceptors (Lipinski definition) is 5. The zero-order valence-corrected chi connectivity index (χ0v) is 10.9. The molecular formula is C11H19N3OS. The highest BCUT2D eigenvalue weighted by molar-refractivity contribution is 7.09. The molecule has 0 amide bonds. The van der Waals surface area contributed by atoms with E-state index in [9.17, 15) is 0 Å². The van der Waals surface area contributed by atoms with Gasteiger partial charge in [-0.15, -0.1) is 0 Å². The lowest BCUT2D eigenvalue weighted by Gasteiger charge is -2.37. The number of hydrogen-bond donors (Lipinski definition) is 1. The van der Waals surface area contributed by atoms with Gasteiger partial charge in [0.05, 0.1) is 0 Å². The maximum atomic E-state index is 5.55. The van der Waals surface area contributed by atoms with Gasteiger partial charge < -0.3 is 10.1 Å². The van der Waals surface area contributed by atoms with Crippen molar-refractivity contribution in [2.75, 3.05) is 19.0 Å². The smallest absolute Gasteiger partial charge is 0.202 e. The van der Waals surface area contributed by atoms with Gasteiger partial charge in [0.25, 0.3) is 0 Å². The summed E-state index contributed by atoms with van der Waals surface area (Å²) < 4.78 is 9.95. The van der Waals surface area contributed by atoms with Gasteiger partial charge in [-0.3, -0.25) is 0 Å². The van der Waals surface area contributed by atoms with Crippen LogP contribution >= 0.6 is 11.5 Å². The van der Waals surface area contributed by atoms with Crippen molar-refractivity contribution in [2.24, 2.45) is 5.92 Å².